The van der Waals surface area contributed by atoms with Crippen LogP contribution in [0, 0.1) is 5.92 Å². The Kier molecular flexibility index (Phi) is 5.91. The number of methoxy groups -OCH3 is 1. The summed E-state index contributed by atoms with van der Waals surface area (Å²) in [6.45, 7) is 7.69. The predicted octanol–water partition coefficient (Wildman–Crippen LogP) is 5.46. The van der Waals surface area contributed by atoms with E-state index in [9.17, 15) is 9.59 Å². The molecule has 1 atom stereocenters. The Morgan fingerprint density at radius 2 is 1.82 bits per heavy atom. The highest BCUT2D eigenvalue weighted by molar-refractivity contribution is 8.01. The van der Waals surface area contributed by atoms with E-state index in [-0.39, 0.29) is 23.1 Å². The van der Waals surface area contributed by atoms with Crippen molar-refractivity contribution in [3.63, 3.8) is 0 Å². The van der Waals surface area contributed by atoms with Gasteiger partial charge in [0.2, 0.25) is 5.91 Å². The van der Waals surface area contributed by atoms with Gasteiger partial charge in [-0.05, 0) is 47.6 Å². The number of hydrogen-bond donors (Lipinski definition) is 0. The van der Waals surface area contributed by atoms with Gasteiger partial charge in [0.1, 0.15) is 5.75 Å². The summed E-state index contributed by atoms with van der Waals surface area (Å²) in [6, 6.07) is 14.4. The summed E-state index contributed by atoms with van der Waals surface area (Å²) in [7, 11) is 1.64. The van der Waals surface area contributed by atoms with Crippen molar-refractivity contribution >= 4 is 29.3 Å². The highest BCUT2D eigenvalue weighted by atomic mass is 32.2. The molecule has 3 aliphatic rings. The van der Waals surface area contributed by atoms with Gasteiger partial charge in [0, 0.05) is 23.8 Å². The molecule has 5 nitrogen and oxygen atoms in total. The topological polar surface area (TPSA) is 49.9 Å². The first-order valence-corrected chi connectivity index (χ1v) is 13.3. The van der Waals surface area contributed by atoms with Crippen molar-refractivity contribution < 1.29 is 14.3 Å². The second-order valence-electron chi connectivity index (χ2n) is 10.7. The zero-order valence-electron chi connectivity index (χ0n) is 20.6. The van der Waals surface area contributed by atoms with E-state index in [4.69, 9.17) is 4.74 Å². The lowest BCUT2D eigenvalue weighted by Gasteiger charge is -2.35. The summed E-state index contributed by atoms with van der Waals surface area (Å²) in [5.41, 5.74) is 4.19. The molecule has 2 heterocycles. The molecule has 0 radical (unpaired) electrons. The summed E-state index contributed by atoms with van der Waals surface area (Å²) >= 11 is 1.60. The minimum atomic E-state index is -0.991. The summed E-state index contributed by atoms with van der Waals surface area (Å²) in [5.74, 6) is 1.64. The molecule has 6 heteroatoms. The first-order valence-electron chi connectivity index (χ1n) is 12.3. The maximum Gasteiger partial charge on any atom is 0.268 e. The number of thioether (sulfide) groups is 1. The molecule has 1 saturated heterocycles. The second kappa shape index (κ2) is 8.63. The Hall–Kier alpha value is -2.47. The zero-order valence-corrected chi connectivity index (χ0v) is 21.4. The lowest BCUT2D eigenvalue weighted by molar-refractivity contribution is -0.143. The van der Waals surface area contributed by atoms with E-state index < -0.39 is 4.87 Å². The van der Waals surface area contributed by atoms with Crippen LogP contribution in [0.5, 0.6) is 5.75 Å². The maximum atomic E-state index is 14.2. The SMILES string of the molecule is COc1ccc2c(c1)C1(SCCN1C(=O)C1CCCC1)C(=O)N2Cc1ccc(C(C)(C)C)cc1. The molecule has 1 spiro atoms. The predicted molar refractivity (Wildman–Crippen MR) is 137 cm³/mol. The molecule has 1 saturated carbocycles. The number of hydrogen-bond acceptors (Lipinski definition) is 4. The Bertz CT molecular complexity index is 1100. The molecule has 1 unspecified atom stereocenters. The molecule has 34 heavy (non-hydrogen) atoms. The van der Waals surface area contributed by atoms with Crippen molar-refractivity contribution in [2.75, 3.05) is 24.3 Å². The molecule has 2 amide bonds. The Morgan fingerprint density at radius 1 is 1.12 bits per heavy atom. The van der Waals surface area contributed by atoms with Crippen LogP contribution in [0.1, 0.15) is 63.1 Å². The van der Waals surface area contributed by atoms with Gasteiger partial charge in [-0.2, -0.15) is 0 Å². The first-order chi connectivity index (χ1) is 16.3. The largest absolute Gasteiger partial charge is 0.497 e. The average Bonchev–Trinajstić information content (AvgIpc) is 3.56. The number of nitrogens with zero attached hydrogens (tertiary/aromatic N) is 2. The molecule has 2 aromatic carbocycles. The van der Waals surface area contributed by atoms with E-state index in [1.54, 1.807) is 18.9 Å². The Labute approximate surface area is 206 Å². The fourth-order valence-electron chi connectivity index (χ4n) is 5.59. The number of benzene rings is 2. The highest BCUT2D eigenvalue weighted by Crippen LogP contribution is 2.56. The molecular formula is C28H34N2O3S. The van der Waals surface area contributed by atoms with Gasteiger partial charge in [0.25, 0.3) is 5.91 Å². The summed E-state index contributed by atoms with van der Waals surface area (Å²) < 4.78 is 5.53. The summed E-state index contributed by atoms with van der Waals surface area (Å²) in [5, 5.41) is 0. The zero-order chi connectivity index (χ0) is 24.1. The van der Waals surface area contributed by atoms with Gasteiger partial charge >= 0.3 is 0 Å². The fourth-order valence-corrected chi connectivity index (χ4v) is 7.04. The fraction of sp³-hybridized carbons (Fsp3) is 0.500. The van der Waals surface area contributed by atoms with E-state index >= 15 is 0 Å². The van der Waals surface area contributed by atoms with Crippen LogP contribution >= 0.6 is 11.8 Å². The van der Waals surface area contributed by atoms with Gasteiger partial charge in [0.15, 0.2) is 4.87 Å². The molecule has 1 aliphatic carbocycles. The molecule has 0 N–H and O–H groups in total. The van der Waals surface area contributed by atoms with Gasteiger partial charge < -0.3 is 14.5 Å². The molecule has 5 rings (SSSR count). The van der Waals surface area contributed by atoms with E-state index in [0.29, 0.717) is 18.8 Å². The van der Waals surface area contributed by atoms with Gasteiger partial charge in [-0.25, -0.2) is 0 Å². The number of carbonyl (C=O) groups is 2. The van der Waals surface area contributed by atoms with Crippen LogP contribution in [-0.4, -0.2) is 36.1 Å². The minimum Gasteiger partial charge on any atom is -0.497 e. The number of carbonyl (C=O) groups excluding carboxylic acids is 2. The van der Waals surface area contributed by atoms with Crippen LogP contribution in [0.2, 0.25) is 0 Å². The lowest BCUT2D eigenvalue weighted by Crippen LogP contribution is -2.51. The van der Waals surface area contributed by atoms with Gasteiger partial charge in [-0.1, -0.05) is 57.9 Å². The van der Waals surface area contributed by atoms with E-state index in [0.717, 1.165) is 48.3 Å². The maximum absolute atomic E-state index is 14.2. The van der Waals surface area contributed by atoms with Crippen LogP contribution in [-0.2, 0) is 26.4 Å². The molecule has 2 aromatic rings. The third-order valence-corrected chi connectivity index (χ3v) is 8.95. The molecular weight excluding hydrogens is 444 g/mol. The first kappa shape index (κ1) is 23.3. The molecule has 2 fully saturated rings. The average molecular weight is 479 g/mol. The number of ether oxygens (including phenoxy) is 1. The number of anilines is 1. The Morgan fingerprint density at radius 3 is 2.47 bits per heavy atom. The minimum absolute atomic E-state index is 0.00972. The van der Waals surface area contributed by atoms with Crippen molar-refractivity contribution in [2.24, 2.45) is 5.92 Å². The number of fused-ring (bicyclic) bond motifs is 2. The molecule has 0 bridgehead atoms. The molecule has 0 aromatic heterocycles. The number of amides is 2. The van der Waals surface area contributed by atoms with Crippen LogP contribution in [0.25, 0.3) is 0 Å². The smallest absolute Gasteiger partial charge is 0.268 e. The van der Waals surface area contributed by atoms with Crippen LogP contribution < -0.4 is 9.64 Å². The normalized spacial score (nSPS) is 22.6. The molecule has 180 valence electrons. The monoisotopic (exact) mass is 478 g/mol. The van der Waals surface area contributed by atoms with Crippen molar-refractivity contribution in [2.45, 2.75) is 63.3 Å². The van der Waals surface area contributed by atoms with Gasteiger partial charge in [-0.15, -0.1) is 11.8 Å². The standard InChI is InChI=1S/C28H34N2O3S/c1-27(2,3)21-11-9-19(10-12-21)18-29-24-14-13-22(33-4)17-23(24)28(26(29)32)30(15-16-34-28)25(31)20-7-5-6-8-20/h9-14,17,20H,5-8,15-16,18H2,1-4H3. The van der Waals surface area contributed by atoms with E-state index in [1.165, 1.54) is 5.56 Å². The van der Waals surface area contributed by atoms with Crippen LogP contribution in [0.4, 0.5) is 5.69 Å². The van der Waals surface area contributed by atoms with Crippen LogP contribution in [0.15, 0.2) is 42.5 Å². The third kappa shape index (κ3) is 3.71. The van der Waals surface area contributed by atoms with E-state index in [1.807, 2.05) is 28.0 Å². The quantitative estimate of drug-likeness (QED) is 0.586. The van der Waals surface area contributed by atoms with E-state index in [2.05, 4.69) is 45.0 Å². The second-order valence-corrected chi connectivity index (χ2v) is 12.0. The van der Waals surface area contributed by atoms with Gasteiger partial charge in [0.05, 0.1) is 19.3 Å². The van der Waals surface area contributed by atoms with Crippen molar-refractivity contribution in [3.8, 4) is 5.75 Å². The van der Waals surface area contributed by atoms with Crippen molar-refractivity contribution in [3.05, 3.63) is 59.2 Å². The summed E-state index contributed by atoms with van der Waals surface area (Å²) in [4.78, 5) is 30.6. The molecule has 2 aliphatic heterocycles. The third-order valence-electron chi connectivity index (χ3n) is 7.53. The highest BCUT2D eigenvalue weighted by Gasteiger charge is 2.60. The van der Waals surface area contributed by atoms with Crippen molar-refractivity contribution in [1.82, 2.24) is 4.90 Å². The lowest BCUT2D eigenvalue weighted by atomic mass is 9.87. The summed E-state index contributed by atoms with van der Waals surface area (Å²) in [6.07, 6.45) is 4.05. The van der Waals surface area contributed by atoms with Crippen molar-refractivity contribution in [1.29, 1.82) is 0 Å². The van der Waals surface area contributed by atoms with Crippen LogP contribution in [0.3, 0.4) is 0 Å². The Balaban J connectivity index is 1.53. The van der Waals surface area contributed by atoms with Gasteiger partial charge in [-0.3, -0.25) is 9.59 Å². The number of rotatable bonds is 4.